The third-order valence-electron chi connectivity index (χ3n) is 5.87. The highest BCUT2D eigenvalue weighted by Gasteiger charge is 2.50. The van der Waals surface area contributed by atoms with Crippen molar-refractivity contribution in [2.75, 3.05) is 33.3 Å². The molecule has 2 rings (SSSR count). The Morgan fingerprint density at radius 1 is 1.35 bits per heavy atom. The average molecular weight is 433 g/mol. The van der Waals surface area contributed by atoms with Gasteiger partial charge in [0.25, 0.3) is 0 Å². The number of carbonyl (C=O) groups excluding carboxylic acids is 1. The van der Waals surface area contributed by atoms with Gasteiger partial charge in [-0.05, 0) is 57.2 Å². The Morgan fingerprint density at radius 2 is 2.00 bits per heavy atom. The van der Waals surface area contributed by atoms with Crippen molar-refractivity contribution in [3.05, 3.63) is 48.1 Å². The highest BCUT2D eigenvalue weighted by atomic mass is 16.6. The van der Waals surface area contributed by atoms with Crippen molar-refractivity contribution in [2.45, 2.75) is 79.7 Å². The lowest BCUT2D eigenvalue weighted by Crippen LogP contribution is -2.67. The topological polar surface area (TPSA) is 32.8 Å². The van der Waals surface area contributed by atoms with E-state index in [-0.39, 0.29) is 11.6 Å². The van der Waals surface area contributed by atoms with Crippen molar-refractivity contribution in [2.24, 2.45) is 5.92 Å². The van der Waals surface area contributed by atoms with E-state index in [0.29, 0.717) is 12.5 Å². The highest BCUT2D eigenvalue weighted by molar-refractivity contribution is 5.70. The summed E-state index contributed by atoms with van der Waals surface area (Å²) in [5.41, 5.74) is 2.19. The van der Waals surface area contributed by atoms with Crippen molar-refractivity contribution < 1.29 is 9.53 Å². The number of rotatable bonds is 8. The van der Waals surface area contributed by atoms with Gasteiger partial charge in [-0.1, -0.05) is 78.0 Å². The minimum absolute atomic E-state index is 0.133. The van der Waals surface area contributed by atoms with Gasteiger partial charge < -0.3 is 14.5 Å². The van der Waals surface area contributed by atoms with Crippen molar-refractivity contribution in [1.29, 1.82) is 0 Å². The van der Waals surface area contributed by atoms with E-state index in [1.54, 1.807) is 6.08 Å². The van der Waals surface area contributed by atoms with E-state index in [1.165, 1.54) is 12.0 Å². The van der Waals surface area contributed by atoms with Crippen LogP contribution in [0.15, 0.2) is 48.1 Å². The molecule has 1 fully saturated rings. The molecule has 1 amide bonds. The van der Waals surface area contributed by atoms with E-state index in [1.807, 2.05) is 31.7 Å². The number of hydrogen-bond acceptors (Lipinski definition) is 3. The summed E-state index contributed by atoms with van der Waals surface area (Å²) in [6.45, 7) is 21.3. The summed E-state index contributed by atoms with van der Waals surface area (Å²) in [4.78, 5) is 16.7. The van der Waals surface area contributed by atoms with Crippen LogP contribution >= 0.6 is 0 Å². The van der Waals surface area contributed by atoms with Crippen LogP contribution in [0.25, 0.3) is 0 Å². The number of likely N-dealkylation sites (N-methyl/N-ethyl adjacent to an activating group) is 1. The van der Waals surface area contributed by atoms with Gasteiger partial charge in [0, 0.05) is 25.2 Å². The van der Waals surface area contributed by atoms with Crippen molar-refractivity contribution >= 4 is 6.09 Å². The van der Waals surface area contributed by atoms with Gasteiger partial charge >= 0.3 is 6.09 Å². The number of nitrogens with zero attached hydrogens (tertiary/aromatic N) is 2. The van der Waals surface area contributed by atoms with Crippen molar-refractivity contribution in [3.8, 4) is 0 Å². The number of carbonyl (C=O) groups is 1. The first-order valence-electron chi connectivity index (χ1n) is 12.1. The van der Waals surface area contributed by atoms with Gasteiger partial charge in [0.05, 0.1) is 0 Å². The minimum atomic E-state index is -0.215. The smallest absolute Gasteiger partial charge is 0.410 e. The van der Waals surface area contributed by atoms with Crippen molar-refractivity contribution in [1.82, 2.24) is 9.80 Å². The maximum absolute atomic E-state index is 12.5. The van der Waals surface area contributed by atoms with Crippen LogP contribution in [0, 0.1) is 5.92 Å². The predicted molar refractivity (Wildman–Crippen MR) is 135 cm³/mol. The summed E-state index contributed by atoms with van der Waals surface area (Å²) in [7, 11) is 2.15. The first kappa shape index (κ1) is 29.2. The van der Waals surface area contributed by atoms with Gasteiger partial charge in [0.15, 0.2) is 0 Å². The Bertz CT molecular complexity index is 621. The Hall–Kier alpha value is -1.81. The van der Waals surface area contributed by atoms with E-state index in [0.717, 1.165) is 44.5 Å². The minimum Gasteiger partial charge on any atom is -0.445 e. The lowest BCUT2D eigenvalue weighted by Gasteiger charge is -2.55. The van der Waals surface area contributed by atoms with Gasteiger partial charge in [-0.25, -0.2) is 4.79 Å². The van der Waals surface area contributed by atoms with E-state index in [4.69, 9.17) is 4.74 Å². The number of likely N-dealkylation sites (tertiary alicyclic amines) is 1. The molecule has 0 aromatic heterocycles. The van der Waals surface area contributed by atoms with Crippen LogP contribution in [0.2, 0.25) is 0 Å². The van der Waals surface area contributed by atoms with Gasteiger partial charge in [0.2, 0.25) is 0 Å². The SMILES string of the molecule is C=C/C(=C\C)COC(=O)N1CC(C)[C@@]1(C)CCN(C)CC1=CCCC=C1.CC.CCC. The van der Waals surface area contributed by atoms with E-state index in [2.05, 4.69) is 64.4 Å². The standard InChI is InChI=1S/C22H34N2O2.C3H8.C2H6/c1-6-19(7-2)17-26-21(25)24-15-18(3)22(24,4)13-14-23(5)16-20-11-9-8-10-12-20;1-3-2;1-2/h6-7,9,11-12,18H,1,8,10,13-17H2,2-5H3;3H2,1-2H3;1-2H3/b19-7+;;/t18?,22-;;/m1../s1. The molecule has 0 aromatic rings. The molecule has 4 heteroatoms. The number of ether oxygens (including phenoxy) is 1. The second-order valence-corrected chi connectivity index (χ2v) is 8.44. The molecule has 0 radical (unpaired) electrons. The van der Waals surface area contributed by atoms with E-state index >= 15 is 0 Å². The molecule has 31 heavy (non-hydrogen) atoms. The molecule has 1 aliphatic carbocycles. The van der Waals surface area contributed by atoms with Crippen LogP contribution in [0.1, 0.15) is 74.1 Å². The van der Waals surface area contributed by atoms with Gasteiger partial charge in [-0.3, -0.25) is 0 Å². The molecule has 0 spiro atoms. The first-order chi connectivity index (χ1) is 14.8. The highest BCUT2D eigenvalue weighted by Crippen LogP contribution is 2.39. The van der Waals surface area contributed by atoms with Crippen LogP contribution in [0.4, 0.5) is 4.79 Å². The third kappa shape index (κ3) is 9.47. The molecule has 1 saturated heterocycles. The Kier molecular flexibility index (Phi) is 15.0. The normalized spacial score (nSPS) is 22.4. The molecule has 1 aliphatic heterocycles. The largest absolute Gasteiger partial charge is 0.445 e. The summed E-state index contributed by atoms with van der Waals surface area (Å²) in [5, 5.41) is 0. The molecular weight excluding hydrogens is 384 g/mol. The summed E-state index contributed by atoms with van der Waals surface area (Å²) < 4.78 is 5.48. The Morgan fingerprint density at radius 3 is 2.48 bits per heavy atom. The summed E-state index contributed by atoms with van der Waals surface area (Å²) in [5.74, 6) is 0.484. The fourth-order valence-corrected chi connectivity index (χ4v) is 3.57. The molecule has 0 aromatic carbocycles. The van der Waals surface area contributed by atoms with Crippen LogP contribution in [0.3, 0.4) is 0 Å². The van der Waals surface area contributed by atoms with E-state index < -0.39 is 0 Å². The molecule has 0 bridgehead atoms. The quantitative estimate of drug-likeness (QED) is 0.387. The predicted octanol–water partition coefficient (Wildman–Crippen LogP) is 7.01. The molecule has 1 heterocycles. The number of amides is 1. The third-order valence-corrected chi connectivity index (χ3v) is 5.87. The molecule has 0 N–H and O–H groups in total. The Labute approximate surface area is 192 Å². The molecule has 2 atom stereocenters. The lowest BCUT2D eigenvalue weighted by atomic mass is 9.74. The molecule has 178 valence electrons. The van der Waals surface area contributed by atoms with Crippen LogP contribution < -0.4 is 0 Å². The van der Waals surface area contributed by atoms with Gasteiger partial charge in [-0.15, -0.1) is 0 Å². The summed E-state index contributed by atoms with van der Waals surface area (Å²) >= 11 is 0. The maximum atomic E-state index is 12.5. The van der Waals surface area contributed by atoms with Crippen LogP contribution in [-0.2, 0) is 4.74 Å². The number of allylic oxidation sites excluding steroid dienone is 3. The summed E-state index contributed by atoms with van der Waals surface area (Å²) in [6, 6.07) is 0. The molecular formula is C27H48N2O2. The van der Waals surface area contributed by atoms with Gasteiger partial charge in [-0.2, -0.15) is 0 Å². The van der Waals surface area contributed by atoms with Crippen LogP contribution in [0.5, 0.6) is 0 Å². The molecule has 1 unspecified atom stereocenters. The summed E-state index contributed by atoms with van der Waals surface area (Å²) in [6.07, 6.45) is 14.7. The fraction of sp³-hybridized carbons (Fsp3) is 0.667. The second-order valence-electron chi connectivity index (χ2n) is 8.44. The second kappa shape index (κ2) is 15.9. The zero-order valence-corrected chi connectivity index (χ0v) is 21.5. The Balaban J connectivity index is 0.00000165. The molecule has 4 nitrogen and oxygen atoms in total. The first-order valence-corrected chi connectivity index (χ1v) is 12.1. The average Bonchev–Trinajstić information content (AvgIpc) is 2.78. The van der Waals surface area contributed by atoms with Crippen LogP contribution in [-0.4, -0.2) is 54.7 Å². The monoisotopic (exact) mass is 432 g/mol. The lowest BCUT2D eigenvalue weighted by molar-refractivity contribution is -0.0566. The van der Waals surface area contributed by atoms with Gasteiger partial charge in [0.1, 0.15) is 6.61 Å². The van der Waals surface area contributed by atoms with Crippen molar-refractivity contribution in [3.63, 3.8) is 0 Å². The number of hydrogen-bond donors (Lipinski definition) is 0. The molecule has 0 saturated carbocycles. The maximum Gasteiger partial charge on any atom is 0.410 e. The molecule has 2 aliphatic rings. The fourth-order valence-electron chi connectivity index (χ4n) is 3.57. The zero-order chi connectivity index (χ0) is 23.9. The van der Waals surface area contributed by atoms with E-state index in [9.17, 15) is 4.79 Å². The zero-order valence-electron chi connectivity index (χ0n) is 21.5.